The van der Waals surface area contributed by atoms with Crippen LogP contribution in [0.15, 0.2) is 30.3 Å². The van der Waals surface area contributed by atoms with Gasteiger partial charge in [-0.1, -0.05) is 56.5 Å². The molecule has 7 nitrogen and oxygen atoms in total. The number of hydrogen-bond acceptors (Lipinski definition) is 5. The zero-order valence-electron chi connectivity index (χ0n) is 20.6. The molecule has 5 rings (SSSR count). The minimum atomic E-state index is -0.666. The molecule has 1 aromatic rings. The maximum Gasteiger partial charge on any atom is 0.244 e. The molecule has 1 saturated carbocycles. The molecule has 4 aliphatic rings. The molecule has 4 fully saturated rings. The minimum Gasteiger partial charge on any atom is -0.394 e. The Morgan fingerprint density at radius 1 is 1.17 bits per heavy atom. The molecule has 2 bridgehead atoms. The van der Waals surface area contributed by atoms with E-state index in [4.69, 9.17) is 0 Å². The van der Waals surface area contributed by atoms with Gasteiger partial charge in [-0.2, -0.15) is 0 Å². The number of nitrogens with zero attached hydrogens (tertiary/aromatic N) is 1. The molecular weight excluding hydrogens is 462 g/mol. The van der Waals surface area contributed by atoms with Crippen LogP contribution in [0.1, 0.15) is 57.9 Å². The molecule has 0 aromatic heterocycles. The number of nitrogens with one attached hydrogen (secondary N) is 2. The molecule has 1 spiro atoms. The molecule has 3 N–H and O–H groups in total. The molecule has 3 aliphatic heterocycles. The number of carbonyl (C=O) groups excluding carboxylic acids is 3. The summed E-state index contributed by atoms with van der Waals surface area (Å²) in [7, 11) is 0. The second kappa shape index (κ2) is 9.77. The Kier molecular flexibility index (Phi) is 6.87. The molecule has 8 heteroatoms. The first kappa shape index (κ1) is 24.6. The monoisotopic (exact) mass is 499 g/mol. The lowest BCUT2D eigenvalue weighted by Gasteiger charge is -2.40. The van der Waals surface area contributed by atoms with Gasteiger partial charge in [-0.15, -0.1) is 11.8 Å². The Balaban J connectivity index is 1.43. The predicted octanol–water partition coefficient (Wildman–Crippen LogP) is 2.47. The van der Waals surface area contributed by atoms with E-state index < -0.39 is 28.7 Å². The van der Waals surface area contributed by atoms with Crippen molar-refractivity contribution in [3.63, 3.8) is 0 Å². The number of thioether (sulfide) groups is 1. The first-order valence-electron chi connectivity index (χ1n) is 13.1. The van der Waals surface area contributed by atoms with E-state index in [2.05, 4.69) is 17.6 Å². The molecule has 3 unspecified atom stereocenters. The van der Waals surface area contributed by atoms with Gasteiger partial charge in [0.25, 0.3) is 0 Å². The van der Waals surface area contributed by atoms with Crippen LogP contribution >= 0.6 is 11.8 Å². The van der Waals surface area contributed by atoms with Crippen molar-refractivity contribution in [1.29, 1.82) is 0 Å². The standard InChI is InChI=1S/C27H37N3O4S/c1-16-13-20-21(24(32)28-14-18-9-5-3-6-10-18)22-26(34)30(17(2)15-31)23(27(16,22)35-20)25(33)29-19-11-7-4-8-12-19/h3,5-6,9-10,16-17,19-23,31H,4,7-8,11-15H2,1-2H3,(H,28,32)(H,29,33)/t16?,17-,20-,21+,22+,23?,27?/m1/s1. The average Bonchev–Trinajstić information content (AvgIpc) is 3.47. The number of likely N-dealkylation sites (tertiary alicyclic amines) is 1. The Morgan fingerprint density at radius 2 is 1.89 bits per heavy atom. The van der Waals surface area contributed by atoms with Crippen molar-refractivity contribution in [3.8, 4) is 0 Å². The normalized spacial score (nSPS) is 35.1. The fourth-order valence-corrected chi connectivity index (χ4v) is 9.46. The average molecular weight is 500 g/mol. The van der Waals surface area contributed by atoms with Crippen LogP contribution in [-0.2, 0) is 20.9 Å². The van der Waals surface area contributed by atoms with E-state index >= 15 is 0 Å². The highest BCUT2D eigenvalue weighted by Gasteiger charge is 2.76. The number of rotatable bonds is 7. The Hall–Kier alpha value is -2.06. The molecule has 0 radical (unpaired) electrons. The van der Waals surface area contributed by atoms with Gasteiger partial charge < -0.3 is 20.6 Å². The summed E-state index contributed by atoms with van der Waals surface area (Å²) in [4.78, 5) is 42.9. The highest BCUT2D eigenvalue weighted by Crippen LogP contribution is 2.68. The number of aliphatic hydroxyl groups is 1. The van der Waals surface area contributed by atoms with E-state index in [-0.39, 0.29) is 41.5 Å². The van der Waals surface area contributed by atoms with Crippen LogP contribution < -0.4 is 10.6 Å². The summed E-state index contributed by atoms with van der Waals surface area (Å²) in [6.45, 7) is 4.12. The van der Waals surface area contributed by atoms with Gasteiger partial charge in [-0.3, -0.25) is 14.4 Å². The molecule has 1 aliphatic carbocycles. The molecule has 3 amide bonds. The minimum absolute atomic E-state index is 0.0197. The Bertz CT molecular complexity index is 968. The number of amides is 3. The highest BCUT2D eigenvalue weighted by molar-refractivity contribution is 8.02. The maximum atomic E-state index is 14.0. The van der Waals surface area contributed by atoms with Crippen molar-refractivity contribution in [3.05, 3.63) is 35.9 Å². The summed E-state index contributed by atoms with van der Waals surface area (Å²) in [5, 5.41) is 16.4. The SMILES string of the molecule is CC1C[C@H]2SC13C(C(=O)NC1CCCCC1)N([C@H](C)CO)C(=O)[C@@H]3[C@H]2C(=O)NCc1ccccc1. The topological polar surface area (TPSA) is 98.7 Å². The number of fused-ring (bicyclic) bond motifs is 1. The fraction of sp³-hybridized carbons (Fsp3) is 0.667. The first-order chi connectivity index (χ1) is 16.9. The Morgan fingerprint density at radius 3 is 2.57 bits per heavy atom. The quantitative estimate of drug-likeness (QED) is 0.535. The van der Waals surface area contributed by atoms with E-state index in [0.29, 0.717) is 6.54 Å². The summed E-state index contributed by atoms with van der Waals surface area (Å²) in [6, 6.07) is 8.75. The summed E-state index contributed by atoms with van der Waals surface area (Å²) in [5.74, 6) is -1.26. The van der Waals surface area contributed by atoms with Crippen molar-refractivity contribution in [2.75, 3.05) is 6.61 Å². The van der Waals surface area contributed by atoms with Gasteiger partial charge >= 0.3 is 0 Å². The number of benzene rings is 1. The molecule has 35 heavy (non-hydrogen) atoms. The second-order valence-electron chi connectivity index (χ2n) is 10.9. The van der Waals surface area contributed by atoms with Crippen LogP contribution in [0.5, 0.6) is 0 Å². The van der Waals surface area contributed by atoms with Gasteiger partial charge in [0.15, 0.2) is 0 Å². The molecular formula is C27H37N3O4S. The van der Waals surface area contributed by atoms with Crippen LogP contribution in [0, 0.1) is 17.8 Å². The van der Waals surface area contributed by atoms with E-state index in [1.807, 2.05) is 30.3 Å². The van der Waals surface area contributed by atoms with Crippen LogP contribution in [0.25, 0.3) is 0 Å². The molecule has 1 aromatic carbocycles. The van der Waals surface area contributed by atoms with Crippen molar-refractivity contribution in [2.45, 2.75) is 87.0 Å². The van der Waals surface area contributed by atoms with Crippen molar-refractivity contribution in [2.24, 2.45) is 17.8 Å². The van der Waals surface area contributed by atoms with Gasteiger partial charge in [0, 0.05) is 17.8 Å². The summed E-state index contributed by atoms with van der Waals surface area (Å²) in [5.41, 5.74) is 1.01. The third kappa shape index (κ3) is 4.06. The van der Waals surface area contributed by atoms with Gasteiger partial charge in [-0.05, 0) is 37.7 Å². The fourth-order valence-electron chi connectivity index (χ4n) is 7.05. The van der Waals surface area contributed by atoms with Gasteiger partial charge in [0.2, 0.25) is 17.7 Å². The zero-order valence-corrected chi connectivity index (χ0v) is 21.4. The summed E-state index contributed by atoms with van der Waals surface area (Å²) < 4.78 is -0.640. The van der Waals surface area contributed by atoms with E-state index in [1.165, 1.54) is 6.42 Å². The third-order valence-electron chi connectivity index (χ3n) is 8.73. The van der Waals surface area contributed by atoms with Crippen molar-refractivity contribution < 1.29 is 19.5 Å². The smallest absolute Gasteiger partial charge is 0.244 e. The maximum absolute atomic E-state index is 14.0. The lowest BCUT2D eigenvalue weighted by Crippen LogP contribution is -2.59. The summed E-state index contributed by atoms with van der Waals surface area (Å²) >= 11 is 1.68. The van der Waals surface area contributed by atoms with Crippen LogP contribution in [0.3, 0.4) is 0 Å². The zero-order chi connectivity index (χ0) is 24.7. The van der Waals surface area contributed by atoms with E-state index in [1.54, 1.807) is 23.6 Å². The number of aliphatic hydroxyl groups excluding tert-OH is 1. The van der Waals surface area contributed by atoms with Crippen molar-refractivity contribution >= 4 is 29.5 Å². The number of hydrogen-bond donors (Lipinski definition) is 3. The molecule has 3 saturated heterocycles. The first-order valence-corrected chi connectivity index (χ1v) is 14.0. The van der Waals surface area contributed by atoms with Crippen LogP contribution in [0.2, 0.25) is 0 Å². The highest BCUT2D eigenvalue weighted by atomic mass is 32.2. The predicted molar refractivity (Wildman–Crippen MR) is 135 cm³/mol. The van der Waals surface area contributed by atoms with Gasteiger partial charge in [0.05, 0.1) is 29.2 Å². The third-order valence-corrected chi connectivity index (χ3v) is 10.8. The number of carbonyl (C=O) groups is 3. The molecule has 3 heterocycles. The molecule has 190 valence electrons. The summed E-state index contributed by atoms with van der Waals surface area (Å²) in [6.07, 6.45) is 6.16. The largest absolute Gasteiger partial charge is 0.394 e. The molecule has 7 atom stereocenters. The lowest BCUT2D eigenvalue weighted by atomic mass is 9.65. The van der Waals surface area contributed by atoms with Crippen LogP contribution in [0.4, 0.5) is 0 Å². The van der Waals surface area contributed by atoms with Gasteiger partial charge in [-0.25, -0.2) is 0 Å². The van der Waals surface area contributed by atoms with Crippen LogP contribution in [-0.4, -0.2) is 62.5 Å². The Labute approximate surface area is 211 Å². The second-order valence-corrected chi connectivity index (χ2v) is 12.4. The van der Waals surface area contributed by atoms with E-state index in [9.17, 15) is 19.5 Å². The van der Waals surface area contributed by atoms with Crippen molar-refractivity contribution in [1.82, 2.24) is 15.5 Å². The van der Waals surface area contributed by atoms with E-state index in [0.717, 1.165) is 37.7 Å². The van der Waals surface area contributed by atoms with Gasteiger partial charge in [0.1, 0.15) is 6.04 Å². The lowest BCUT2D eigenvalue weighted by molar-refractivity contribution is -0.142.